The van der Waals surface area contributed by atoms with Gasteiger partial charge in [0.25, 0.3) is 0 Å². The standard InChI is InChI=1S/C17H25FN4O3.HI/c1-19-17(20-8-2-9-25-15-7-10-24-12-15)21-11-16(23)22-14-5-3-13(18)4-6-14;/h3-6,15H,2,7-12H2,1H3,(H,22,23)(H2,19,20,21);1H. The first kappa shape index (κ1) is 22.6. The number of amides is 1. The quantitative estimate of drug-likeness (QED) is 0.229. The SMILES string of the molecule is CN=C(NCCCOC1CCOC1)NCC(=O)Nc1ccc(F)cc1.I. The van der Waals surface area contributed by atoms with E-state index in [0.29, 0.717) is 31.4 Å². The highest BCUT2D eigenvalue weighted by Crippen LogP contribution is 2.08. The number of guanidine groups is 1. The summed E-state index contributed by atoms with van der Waals surface area (Å²) in [6, 6.07) is 5.61. The van der Waals surface area contributed by atoms with Crippen molar-refractivity contribution in [3.63, 3.8) is 0 Å². The summed E-state index contributed by atoms with van der Waals surface area (Å²) >= 11 is 0. The van der Waals surface area contributed by atoms with Crippen molar-refractivity contribution in [2.45, 2.75) is 18.9 Å². The molecule has 1 aliphatic heterocycles. The van der Waals surface area contributed by atoms with E-state index >= 15 is 0 Å². The van der Waals surface area contributed by atoms with E-state index in [2.05, 4.69) is 20.9 Å². The maximum atomic E-state index is 12.8. The molecule has 0 aromatic heterocycles. The van der Waals surface area contributed by atoms with Gasteiger partial charge in [0.1, 0.15) is 5.82 Å². The van der Waals surface area contributed by atoms with Gasteiger partial charge in [-0.15, -0.1) is 24.0 Å². The number of hydrogen-bond donors (Lipinski definition) is 3. The number of nitrogens with one attached hydrogen (secondary N) is 3. The molecule has 0 radical (unpaired) electrons. The minimum atomic E-state index is -0.342. The summed E-state index contributed by atoms with van der Waals surface area (Å²) in [7, 11) is 1.64. The molecule has 1 amide bonds. The van der Waals surface area contributed by atoms with Gasteiger partial charge in [-0.05, 0) is 37.1 Å². The molecule has 1 saturated heterocycles. The second kappa shape index (κ2) is 12.8. The lowest BCUT2D eigenvalue weighted by Gasteiger charge is -2.13. The third-order valence-corrected chi connectivity index (χ3v) is 3.62. The van der Waals surface area contributed by atoms with Gasteiger partial charge < -0.3 is 25.4 Å². The topological polar surface area (TPSA) is 84.0 Å². The smallest absolute Gasteiger partial charge is 0.243 e. The summed E-state index contributed by atoms with van der Waals surface area (Å²) in [4.78, 5) is 15.9. The molecule has 1 atom stereocenters. The number of ether oxygens (including phenoxy) is 2. The molecule has 0 bridgehead atoms. The molecule has 146 valence electrons. The summed E-state index contributed by atoms with van der Waals surface area (Å²) in [5.74, 6) is -0.0391. The van der Waals surface area contributed by atoms with Crippen LogP contribution in [0.4, 0.5) is 10.1 Å². The lowest BCUT2D eigenvalue weighted by molar-refractivity contribution is -0.115. The normalized spacial score (nSPS) is 16.7. The van der Waals surface area contributed by atoms with Crippen LogP contribution in [-0.2, 0) is 14.3 Å². The zero-order valence-corrected chi connectivity index (χ0v) is 17.1. The van der Waals surface area contributed by atoms with E-state index in [1.807, 2.05) is 0 Å². The van der Waals surface area contributed by atoms with Crippen molar-refractivity contribution in [2.75, 3.05) is 45.3 Å². The highest BCUT2D eigenvalue weighted by Gasteiger charge is 2.15. The third kappa shape index (κ3) is 8.77. The first-order valence-electron chi connectivity index (χ1n) is 8.36. The molecule has 2 rings (SSSR count). The summed E-state index contributed by atoms with van der Waals surface area (Å²) in [6.45, 7) is 2.86. The Bertz CT molecular complexity index is 566. The highest BCUT2D eigenvalue weighted by atomic mass is 127. The molecule has 1 aromatic rings. The van der Waals surface area contributed by atoms with Gasteiger partial charge in [-0.25, -0.2) is 4.39 Å². The average molecular weight is 480 g/mol. The number of hydrogen-bond acceptors (Lipinski definition) is 4. The molecule has 0 spiro atoms. The molecule has 0 saturated carbocycles. The van der Waals surface area contributed by atoms with Gasteiger partial charge in [-0.3, -0.25) is 9.79 Å². The fourth-order valence-electron chi connectivity index (χ4n) is 2.30. The van der Waals surface area contributed by atoms with Crippen molar-refractivity contribution in [3.05, 3.63) is 30.1 Å². The molecular weight excluding hydrogens is 454 g/mol. The van der Waals surface area contributed by atoms with Crippen molar-refractivity contribution in [2.24, 2.45) is 4.99 Å². The molecule has 7 nitrogen and oxygen atoms in total. The van der Waals surface area contributed by atoms with Crippen LogP contribution in [0.3, 0.4) is 0 Å². The van der Waals surface area contributed by atoms with E-state index in [0.717, 1.165) is 19.4 Å². The first-order valence-corrected chi connectivity index (χ1v) is 8.36. The van der Waals surface area contributed by atoms with Gasteiger partial charge in [-0.1, -0.05) is 0 Å². The lowest BCUT2D eigenvalue weighted by Crippen LogP contribution is -2.41. The van der Waals surface area contributed by atoms with Crippen LogP contribution in [0, 0.1) is 5.82 Å². The monoisotopic (exact) mass is 480 g/mol. The van der Waals surface area contributed by atoms with Gasteiger partial charge in [0.05, 0.1) is 19.3 Å². The van der Waals surface area contributed by atoms with Gasteiger partial charge in [0, 0.05) is 32.5 Å². The Kier molecular flexibility index (Phi) is 11.1. The first-order chi connectivity index (χ1) is 12.2. The Hall–Kier alpha value is -1.46. The molecule has 26 heavy (non-hydrogen) atoms. The van der Waals surface area contributed by atoms with E-state index in [1.165, 1.54) is 24.3 Å². The molecular formula is C17H26FIN4O3. The largest absolute Gasteiger partial charge is 0.379 e. The second-order valence-corrected chi connectivity index (χ2v) is 5.62. The summed E-state index contributed by atoms with van der Waals surface area (Å²) in [5.41, 5.74) is 0.546. The van der Waals surface area contributed by atoms with E-state index in [9.17, 15) is 9.18 Å². The molecule has 1 heterocycles. The number of carbonyl (C=O) groups excluding carboxylic acids is 1. The van der Waals surface area contributed by atoms with Crippen molar-refractivity contribution in [3.8, 4) is 0 Å². The van der Waals surface area contributed by atoms with Crippen LogP contribution in [0.5, 0.6) is 0 Å². The van der Waals surface area contributed by atoms with Crippen LogP contribution < -0.4 is 16.0 Å². The number of carbonyl (C=O) groups is 1. The average Bonchev–Trinajstić information content (AvgIpc) is 3.13. The molecule has 1 fully saturated rings. The lowest BCUT2D eigenvalue weighted by atomic mass is 10.3. The van der Waals surface area contributed by atoms with Gasteiger partial charge in [-0.2, -0.15) is 0 Å². The van der Waals surface area contributed by atoms with Crippen molar-refractivity contribution in [1.82, 2.24) is 10.6 Å². The highest BCUT2D eigenvalue weighted by molar-refractivity contribution is 14.0. The minimum absolute atomic E-state index is 0. The molecule has 1 aromatic carbocycles. The van der Waals surface area contributed by atoms with Crippen LogP contribution in [0.1, 0.15) is 12.8 Å². The number of aliphatic imine (C=N–C) groups is 1. The van der Waals surface area contributed by atoms with Crippen LogP contribution in [0.2, 0.25) is 0 Å². The van der Waals surface area contributed by atoms with E-state index in [-0.39, 0.29) is 48.3 Å². The summed E-state index contributed by atoms with van der Waals surface area (Å²) in [6.07, 6.45) is 2.01. The Balaban J connectivity index is 0.00000338. The van der Waals surface area contributed by atoms with Crippen molar-refractivity contribution in [1.29, 1.82) is 0 Å². The van der Waals surface area contributed by atoms with E-state index in [4.69, 9.17) is 9.47 Å². The molecule has 1 aliphatic rings. The molecule has 3 N–H and O–H groups in total. The zero-order chi connectivity index (χ0) is 17.9. The summed E-state index contributed by atoms with van der Waals surface area (Å²) < 4.78 is 23.7. The minimum Gasteiger partial charge on any atom is -0.379 e. The van der Waals surface area contributed by atoms with E-state index < -0.39 is 0 Å². The Morgan fingerprint density at radius 2 is 2.12 bits per heavy atom. The van der Waals surface area contributed by atoms with E-state index in [1.54, 1.807) is 7.05 Å². The van der Waals surface area contributed by atoms with Crippen LogP contribution in [0.15, 0.2) is 29.3 Å². The Labute approximate surface area is 170 Å². The maximum absolute atomic E-state index is 12.8. The molecule has 9 heteroatoms. The predicted octanol–water partition coefficient (Wildman–Crippen LogP) is 1.74. The van der Waals surface area contributed by atoms with Gasteiger partial charge in [0.15, 0.2) is 5.96 Å². The van der Waals surface area contributed by atoms with Crippen molar-refractivity contribution < 1.29 is 18.7 Å². The Morgan fingerprint density at radius 3 is 2.77 bits per heavy atom. The van der Waals surface area contributed by atoms with Gasteiger partial charge in [0.2, 0.25) is 5.91 Å². The van der Waals surface area contributed by atoms with Gasteiger partial charge >= 0.3 is 0 Å². The number of halogens is 2. The predicted molar refractivity (Wildman–Crippen MR) is 110 cm³/mol. The van der Waals surface area contributed by atoms with Crippen LogP contribution in [0.25, 0.3) is 0 Å². The van der Waals surface area contributed by atoms with Crippen molar-refractivity contribution >= 4 is 41.5 Å². The van der Waals surface area contributed by atoms with Crippen LogP contribution >= 0.6 is 24.0 Å². The fraction of sp³-hybridized carbons (Fsp3) is 0.529. The number of anilines is 1. The zero-order valence-electron chi connectivity index (χ0n) is 14.8. The molecule has 0 aliphatic carbocycles. The summed E-state index contributed by atoms with van der Waals surface area (Å²) in [5, 5.41) is 8.72. The third-order valence-electron chi connectivity index (χ3n) is 3.62. The maximum Gasteiger partial charge on any atom is 0.243 e. The number of rotatable bonds is 8. The molecule has 1 unspecified atom stereocenters. The number of nitrogens with zero attached hydrogens (tertiary/aromatic N) is 1. The number of benzene rings is 1. The Morgan fingerprint density at radius 1 is 1.35 bits per heavy atom. The van der Waals surface area contributed by atoms with Crippen LogP contribution in [-0.4, -0.2) is 57.9 Å². The second-order valence-electron chi connectivity index (χ2n) is 5.62. The fourth-order valence-corrected chi connectivity index (χ4v) is 2.30.